The van der Waals surface area contributed by atoms with Gasteiger partial charge in [0.05, 0.1) is 17.4 Å². The van der Waals surface area contributed by atoms with Crippen molar-refractivity contribution < 1.29 is 4.79 Å². The largest absolute Gasteiger partial charge is 0.338 e. The Morgan fingerprint density at radius 2 is 1.85 bits per heavy atom. The van der Waals surface area contributed by atoms with Crippen LogP contribution in [0.25, 0.3) is 10.9 Å². The minimum Gasteiger partial charge on any atom is -0.338 e. The molecule has 1 aliphatic carbocycles. The summed E-state index contributed by atoms with van der Waals surface area (Å²) >= 11 is 0. The predicted octanol–water partition coefficient (Wildman–Crippen LogP) is 3.73. The molecule has 3 rings (SSSR count). The molecule has 26 heavy (non-hydrogen) atoms. The smallest absolute Gasteiger partial charge is 0.258 e. The third-order valence-corrected chi connectivity index (χ3v) is 5.73. The van der Waals surface area contributed by atoms with Crippen molar-refractivity contribution >= 4 is 16.8 Å². The number of aromatic amines is 1. The first-order valence-corrected chi connectivity index (χ1v) is 9.48. The molecule has 1 aromatic carbocycles. The number of hydrogen-bond donors (Lipinski definition) is 1. The van der Waals surface area contributed by atoms with Crippen LogP contribution in [-0.2, 0) is 11.3 Å². The number of benzene rings is 1. The van der Waals surface area contributed by atoms with Gasteiger partial charge < -0.3 is 9.88 Å². The first-order chi connectivity index (χ1) is 12.3. The van der Waals surface area contributed by atoms with Gasteiger partial charge in [-0.25, -0.2) is 4.98 Å². The highest BCUT2D eigenvalue weighted by Gasteiger charge is 2.33. The lowest BCUT2D eigenvalue weighted by atomic mass is 9.69. The fourth-order valence-corrected chi connectivity index (χ4v) is 4.03. The van der Waals surface area contributed by atoms with Gasteiger partial charge in [-0.3, -0.25) is 9.59 Å². The van der Waals surface area contributed by atoms with Crippen molar-refractivity contribution in [1.82, 2.24) is 14.9 Å². The first kappa shape index (κ1) is 18.6. The molecule has 5 heteroatoms. The molecule has 1 amide bonds. The molecule has 0 atom stereocenters. The normalized spacial score (nSPS) is 20.9. The third-order valence-electron chi connectivity index (χ3n) is 5.73. The van der Waals surface area contributed by atoms with E-state index in [0.29, 0.717) is 34.6 Å². The summed E-state index contributed by atoms with van der Waals surface area (Å²) in [5.74, 6) is 1.47. The zero-order valence-corrected chi connectivity index (χ0v) is 16.2. The van der Waals surface area contributed by atoms with Crippen molar-refractivity contribution in [2.45, 2.75) is 53.0 Å². The zero-order chi connectivity index (χ0) is 18.9. The lowest BCUT2D eigenvalue weighted by molar-refractivity contribution is -0.136. The molecule has 5 nitrogen and oxygen atoms in total. The van der Waals surface area contributed by atoms with Gasteiger partial charge in [0.1, 0.15) is 5.82 Å². The predicted molar refractivity (Wildman–Crippen MR) is 104 cm³/mol. The van der Waals surface area contributed by atoms with Crippen LogP contribution >= 0.6 is 0 Å². The Hall–Kier alpha value is -2.17. The van der Waals surface area contributed by atoms with Crippen LogP contribution in [0.2, 0.25) is 0 Å². The first-order valence-electron chi connectivity index (χ1n) is 9.48. The van der Waals surface area contributed by atoms with Crippen molar-refractivity contribution in [2.24, 2.45) is 17.3 Å². The molecule has 0 aliphatic heterocycles. The molecule has 0 bridgehead atoms. The third kappa shape index (κ3) is 3.97. The summed E-state index contributed by atoms with van der Waals surface area (Å²) in [4.78, 5) is 34.0. The number of carbonyl (C=O) groups excluding carboxylic acids is 1. The summed E-state index contributed by atoms with van der Waals surface area (Å²) in [5, 5.41) is 0.575. The van der Waals surface area contributed by atoms with Gasteiger partial charge >= 0.3 is 0 Å². The monoisotopic (exact) mass is 355 g/mol. The van der Waals surface area contributed by atoms with Crippen molar-refractivity contribution in [3.05, 3.63) is 40.4 Å². The quantitative estimate of drug-likeness (QED) is 0.912. The SMILES string of the molecule is CN(Cc1nc2ccccc2c(=O)[nH]1)C(=O)C1CCC(C(C)(C)C)CC1. The van der Waals surface area contributed by atoms with Crippen LogP contribution in [0.5, 0.6) is 0 Å². The maximum Gasteiger partial charge on any atom is 0.258 e. The summed E-state index contributed by atoms with van der Waals surface area (Å²) in [6.07, 6.45) is 4.12. The molecule has 140 valence electrons. The summed E-state index contributed by atoms with van der Waals surface area (Å²) < 4.78 is 0. The van der Waals surface area contributed by atoms with E-state index >= 15 is 0 Å². The van der Waals surface area contributed by atoms with Gasteiger partial charge in [-0.2, -0.15) is 0 Å². The summed E-state index contributed by atoms with van der Waals surface area (Å²) in [6, 6.07) is 7.26. The van der Waals surface area contributed by atoms with Gasteiger partial charge in [-0.15, -0.1) is 0 Å². The summed E-state index contributed by atoms with van der Waals surface area (Å²) in [6.45, 7) is 7.19. The molecule has 1 saturated carbocycles. The number of amides is 1. The highest BCUT2D eigenvalue weighted by Crippen LogP contribution is 2.40. The second-order valence-corrected chi connectivity index (χ2v) is 8.64. The van der Waals surface area contributed by atoms with E-state index < -0.39 is 0 Å². The van der Waals surface area contributed by atoms with Gasteiger partial charge in [0.15, 0.2) is 0 Å². The van der Waals surface area contributed by atoms with E-state index in [2.05, 4.69) is 30.7 Å². The number of nitrogens with zero attached hydrogens (tertiary/aromatic N) is 2. The van der Waals surface area contributed by atoms with Crippen LogP contribution in [0.15, 0.2) is 29.1 Å². The van der Waals surface area contributed by atoms with Crippen LogP contribution in [-0.4, -0.2) is 27.8 Å². The van der Waals surface area contributed by atoms with E-state index in [1.165, 1.54) is 0 Å². The minimum atomic E-state index is -0.155. The number of hydrogen-bond acceptors (Lipinski definition) is 3. The van der Waals surface area contributed by atoms with Crippen molar-refractivity contribution in [3.63, 3.8) is 0 Å². The second kappa shape index (κ2) is 7.22. The zero-order valence-electron chi connectivity index (χ0n) is 16.2. The molecule has 1 fully saturated rings. The second-order valence-electron chi connectivity index (χ2n) is 8.64. The molecule has 0 saturated heterocycles. The van der Waals surface area contributed by atoms with Crippen LogP contribution in [0.1, 0.15) is 52.3 Å². The number of H-pyrrole nitrogens is 1. The van der Waals surface area contributed by atoms with Crippen LogP contribution in [0.3, 0.4) is 0 Å². The topological polar surface area (TPSA) is 66.1 Å². The fourth-order valence-electron chi connectivity index (χ4n) is 4.03. The molecule has 0 unspecified atom stereocenters. The average molecular weight is 355 g/mol. The molecule has 2 aromatic rings. The van der Waals surface area contributed by atoms with Gasteiger partial charge in [-0.1, -0.05) is 32.9 Å². The van der Waals surface area contributed by atoms with E-state index in [1.807, 2.05) is 18.2 Å². The molecule has 1 N–H and O–H groups in total. The van der Waals surface area contributed by atoms with Gasteiger partial charge in [0.2, 0.25) is 5.91 Å². The molecule has 1 heterocycles. The Morgan fingerprint density at radius 1 is 1.19 bits per heavy atom. The number of aromatic nitrogens is 2. The van der Waals surface area contributed by atoms with Gasteiger partial charge in [0.25, 0.3) is 5.56 Å². The summed E-state index contributed by atoms with van der Waals surface area (Å²) in [5.41, 5.74) is 0.823. The van der Waals surface area contributed by atoms with E-state index in [-0.39, 0.29) is 17.4 Å². The molecule has 1 aliphatic rings. The lowest BCUT2D eigenvalue weighted by Gasteiger charge is -2.37. The standard InChI is InChI=1S/C21H29N3O2/c1-21(2,3)15-11-9-14(10-12-15)20(26)24(4)13-18-22-17-8-6-5-7-16(17)19(25)23-18/h5-8,14-15H,9-13H2,1-4H3,(H,22,23,25). The van der Waals surface area contributed by atoms with E-state index in [9.17, 15) is 9.59 Å². The van der Waals surface area contributed by atoms with Crippen molar-refractivity contribution in [2.75, 3.05) is 7.05 Å². The Kier molecular flexibility index (Phi) is 5.17. The lowest BCUT2D eigenvalue weighted by Crippen LogP contribution is -2.37. The van der Waals surface area contributed by atoms with Gasteiger partial charge in [0, 0.05) is 13.0 Å². The Balaban J connectivity index is 1.66. The molecular weight excluding hydrogens is 326 g/mol. The average Bonchev–Trinajstić information content (AvgIpc) is 2.60. The number of carbonyl (C=O) groups is 1. The molecule has 0 radical (unpaired) electrons. The maximum absolute atomic E-state index is 12.8. The number of fused-ring (bicyclic) bond motifs is 1. The van der Waals surface area contributed by atoms with E-state index in [4.69, 9.17) is 0 Å². The molecular formula is C21H29N3O2. The Bertz CT molecular complexity index is 842. The van der Waals surface area contributed by atoms with Crippen LogP contribution < -0.4 is 5.56 Å². The summed E-state index contributed by atoms with van der Waals surface area (Å²) in [7, 11) is 1.80. The number of rotatable bonds is 3. The van der Waals surface area contributed by atoms with Crippen LogP contribution in [0, 0.1) is 17.3 Å². The highest BCUT2D eigenvalue weighted by molar-refractivity contribution is 5.79. The molecule has 0 spiro atoms. The van der Waals surface area contributed by atoms with E-state index in [1.54, 1.807) is 18.0 Å². The highest BCUT2D eigenvalue weighted by atomic mass is 16.2. The maximum atomic E-state index is 12.8. The van der Waals surface area contributed by atoms with Gasteiger partial charge in [-0.05, 0) is 49.1 Å². The van der Waals surface area contributed by atoms with Crippen molar-refractivity contribution in [1.29, 1.82) is 0 Å². The molecule has 1 aromatic heterocycles. The number of nitrogens with one attached hydrogen (secondary N) is 1. The van der Waals surface area contributed by atoms with Crippen molar-refractivity contribution in [3.8, 4) is 0 Å². The van der Waals surface area contributed by atoms with E-state index in [0.717, 1.165) is 25.7 Å². The number of para-hydroxylation sites is 1. The Morgan fingerprint density at radius 3 is 2.50 bits per heavy atom. The fraction of sp³-hybridized carbons (Fsp3) is 0.571. The Labute approximate surface area is 154 Å². The minimum absolute atomic E-state index is 0.0887. The van der Waals surface area contributed by atoms with Crippen LogP contribution in [0.4, 0.5) is 0 Å².